The quantitative estimate of drug-likeness (QED) is 0.0358. The Labute approximate surface area is 242 Å². The Balaban J connectivity index is 3.26. The number of unbranched alkanes of at least 4 members (excludes halogenated alkanes) is 24. The van der Waals surface area contributed by atoms with E-state index in [1.807, 2.05) is 0 Å². The first-order valence-electron chi connectivity index (χ1n) is 17.2. The third-order valence-corrected chi connectivity index (χ3v) is 7.55. The molecule has 0 saturated carbocycles. The molecule has 0 aliphatic rings. The van der Waals surface area contributed by atoms with Gasteiger partial charge in [0, 0.05) is 12.8 Å². The van der Waals surface area contributed by atoms with Gasteiger partial charge in [0.2, 0.25) is 0 Å². The van der Waals surface area contributed by atoms with E-state index < -0.39 is 0 Å². The van der Waals surface area contributed by atoms with Gasteiger partial charge in [-0.05, 0) is 12.8 Å². The van der Waals surface area contributed by atoms with Gasteiger partial charge in [-0.3, -0.25) is 9.68 Å². The maximum atomic E-state index is 11.8. The largest absolute Gasteiger partial charge is 0.463 e. The van der Waals surface area contributed by atoms with Gasteiger partial charge in [-0.25, -0.2) is 4.79 Å². The summed E-state index contributed by atoms with van der Waals surface area (Å²) in [6.45, 7) is 4.75. The van der Waals surface area contributed by atoms with Gasteiger partial charge in [0.05, 0.1) is 0 Å². The number of ether oxygens (including phenoxy) is 1. The molecule has 0 aliphatic carbocycles. The van der Waals surface area contributed by atoms with Crippen LogP contribution in [0.2, 0.25) is 0 Å². The highest BCUT2D eigenvalue weighted by Gasteiger charge is 2.06. The van der Waals surface area contributed by atoms with E-state index in [-0.39, 0.29) is 25.2 Å². The van der Waals surface area contributed by atoms with Crippen LogP contribution in [-0.4, -0.2) is 25.2 Å². The van der Waals surface area contributed by atoms with Crippen molar-refractivity contribution in [3.05, 3.63) is 0 Å². The van der Waals surface area contributed by atoms with E-state index in [0.717, 1.165) is 25.7 Å². The molecule has 0 fully saturated rings. The third kappa shape index (κ3) is 33.0. The first-order valence-corrected chi connectivity index (χ1v) is 17.2. The zero-order valence-electron chi connectivity index (χ0n) is 26.3. The molecule has 0 aromatic heterocycles. The summed E-state index contributed by atoms with van der Waals surface area (Å²) in [6, 6.07) is 0. The Morgan fingerprint density at radius 1 is 0.385 bits per heavy atom. The summed E-state index contributed by atoms with van der Waals surface area (Å²) in [5.41, 5.74) is 0. The minimum absolute atomic E-state index is 0.0920. The standard InChI is InChI=1S/C34H66O5/c1-3-5-7-9-11-13-15-17-19-21-23-25-27-29-33(35)37-31-32-38-39-34(36)30-28-26-24-22-20-18-16-14-12-10-8-6-4-2/h3-32H2,1-2H3. The maximum Gasteiger partial charge on any atom is 0.342 e. The fourth-order valence-electron chi connectivity index (χ4n) is 4.98. The normalized spacial score (nSPS) is 11.1. The Morgan fingerprint density at radius 3 is 1.05 bits per heavy atom. The van der Waals surface area contributed by atoms with Gasteiger partial charge in [0.1, 0.15) is 13.2 Å². The van der Waals surface area contributed by atoms with Gasteiger partial charge >= 0.3 is 11.9 Å². The average molecular weight is 555 g/mol. The lowest BCUT2D eigenvalue weighted by atomic mass is 10.0. The number of hydrogen-bond donors (Lipinski definition) is 0. The molecule has 0 rings (SSSR count). The van der Waals surface area contributed by atoms with Crippen LogP contribution >= 0.6 is 0 Å². The van der Waals surface area contributed by atoms with Crippen LogP contribution < -0.4 is 0 Å². The predicted octanol–water partition coefficient (Wildman–Crippen LogP) is 11.0. The van der Waals surface area contributed by atoms with Crippen molar-refractivity contribution in [3.8, 4) is 0 Å². The van der Waals surface area contributed by atoms with E-state index in [1.54, 1.807) is 0 Å². The van der Waals surface area contributed by atoms with Crippen LogP contribution in [0.3, 0.4) is 0 Å². The summed E-state index contributed by atoms with van der Waals surface area (Å²) >= 11 is 0. The smallest absolute Gasteiger partial charge is 0.342 e. The SMILES string of the molecule is CCCCCCCCCCCCCCCC(=O)OCCOOC(=O)CCCCCCCCCCCCCCC. The fourth-order valence-corrected chi connectivity index (χ4v) is 4.98. The first kappa shape index (κ1) is 37.9. The van der Waals surface area contributed by atoms with Crippen LogP contribution in [0.5, 0.6) is 0 Å². The van der Waals surface area contributed by atoms with E-state index in [4.69, 9.17) is 14.5 Å². The summed E-state index contributed by atoms with van der Waals surface area (Å²) < 4.78 is 5.16. The Morgan fingerprint density at radius 2 is 0.692 bits per heavy atom. The summed E-state index contributed by atoms with van der Waals surface area (Å²) in [5, 5.41) is 0. The lowest BCUT2D eigenvalue weighted by Crippen LogP contribution is -2.13. The van der Waals surface area contributed by atoms with E-state index in [1.165, 1.54) is 141 Å². The Bertz CT molecular complexity index is 464. The molecule has 0 radical (unpaired) electrons. The lowest BCUT2D eigenvalue weighted by Gasteiger charge is -2.06. The van der Waals surface area contributed by atoms with Crippen LogP contribution in [0.4, 0.5) is 0 Å². The van der Waals surface area contributed by atoms with Crippen molar-refractivity contribution in [2.45, 2.75) is 194 Å². The van der Waals surface area contributed by atoms with Gasteiger partial charge in [0.15, 0.2) is 0 Å². The number of rotatable bonds is 32. The molecule has 39 heavy (non-hydrogen) atoms. The van der Waals surface area contributed by atoms with Crippen molar-refractivity contribution in [1.82, 2.24) is 0 Å². The molecule has 5 nitrogen and oxygen atoms in total. The molecule has 0 bridgehead atoms. The summed E-state index contributed by atoms with van der Waals surface area (Å²) in [7, 11) is 0. The number of carbonyl (C=O) groups is 2. The summed E-state index contributed by atoms with van der Waals surface area (Å²) in [4.78, 5) is 33.2. The predicted molar refractivity (Wildman–Crippen MR) is 164 cm³/mol. The molecule has 0 spiro atoms. The number of carbonyl (C=O) groups excluding carboxylic acids is 2. The second kappa shape index (κ2) is 33.1. The van der Waals surface area contributed by atoms with Crippen molar-refractivity contribution >= 4 is 11.9 Å². The second-order valence-electron chi connectivity index (χ2n) is 11.5. The third-order valence-electron chi connectivity index (χ3n) is 7.55. The van der Waals surface area contributed by atoms with Crippen LogP contribution in [-0.2, 0) is 24.1 Å². The van der Waals surface area contributed by atoms with Crippen molar-refractivity contribution in [1.29, 1.82) is 0 Å². The van der Waals surface area contributed by atoms with Crippen molar-refractivity contribution in [3.63, 3.8) is 0 Å². The first-order chi connectivity index (χ1) is 19.2. The molecule has 0 aromatic carbocycles. The van der Waals surface area contributed by atoms with E-state index in [9.17, 15) is 9.59 Å². The molecule has 0 unspecified atom stereocenters. The molecule has 0 aliphatic heterocycles. The van der Waals surface area contributed by atoms with Gasteiger partial charge in [0.25, 0.3) is 0 Å². The van der Waals surface area contributed by atoms with Crippen LogP contribution in [0, 0.1) is 0 Å². The van der Waals surface area contributed by atoms with Crippen LogP contribution in [0.25, 0.3) is 0 Å². The van der Waals surface area contributed by atoms with Crippen molar-refractivity contribution < 1.29 is 24.1 Å². The summed E-state index contributed by atoms with van der Waals surface area (Å²) in [6.07, 6.45) is 34.2. The lowest BCUT2D eigenvalue weighted by molar-refractivity contribution is -0.275. The number of esters is 1. The molecule has 232 valence electrons. The average Bonchev–Trinajstić information content (AvgIpc) is 2.93. The van der Waals surface area contributed by atoms with Crippen molar-refractivity contribution in [2.75, 3.05) is 13.2 Å². The van der Waals surface area contributed by atoms with Gasteiger partial charge in [-0.1, -0.05) is 168 Å². The van der Waals surface area contributed by atoms with E-state index >= 15 is 0 Å². The molecule has 0 N–H and O–H groups in total. The molecule has 0 heterocycles. The zero-order valence-corrected chi connectivity index (χ0v) is 26.3. The highest BCUT2D eigenvalue weighted by Crippen LogP contribution is 2.14. The van der Waals surface area contributed by atoms with Gasteiger partial charge in [-0.15, -0.1) is 0 Å². The molecular weight excluding hydrogens is 488 g/mol. The molecule has 0 aromatic rings. The zero-order chi connectivity index (χ0) is 28.5. The molecular formula is C34H66O5. The Hall–Kier alpha value is -1.10. The topological polar surface area (TPSA) is 61.8 Å². The molecule has 0 atom stereocenters. The van der Waals surface area contributed by atoms with Gasteiger partial charge < -0.3 is 4.74 Å². The summed E-state index contributed by atoms with van der Waals surface area (Å²) in [5.74, 6) is -0.531. The highest BCUT2D eigenvalue weighted by molar-refractivity contribution is 5.69. The minimum atomic E-state index is -0.337. The molecule has 0 saturated heterocycles. The van der Waals surface area contributed by atoms with E-state index in [0.29, 0.717) is 12.8 Å². The monoisotopic (exact) mass is 554 g/mol. The minimum Gasteiger partial charge on any atom is -0.463 e. The Kier molecular flexibility index (Phi) is 32.2. The van der Waals surface area contributed by atoms with Crippen LogP contribution in [0.1, 0.15) is 194 Å². The van der Waals surface area contributed by atoms with Crippen LogP contribution in [0.15, 0.2) is 0 Å². The number of hydrogen-bond acceptors (Lipinski definition) is 5. The van der Waals surface area contributed by atoms with Crippen molar-refractivity contribution in [2.24, 2.45) is 0 Å². The molecule has 5 heteroatoms. The highest BCUT2D eigenvalue weighted by atomic mass is 17.2. The fraction of sp³-hybridized carbons (Fsp3) is 0.941. The maximum absolute atomic E-state index is 11.8. The molecule has 0 amide bonds. The van der Waals surface area contributed by atoms with E-state index in [2.05, 4.69) is 13.8 Å². The van der Waals surface area contributed by atoms with Gasteiger partial charge in [-0.2, -0.15) is 4.89 Å². The second-order valence-corrected chi connectivity index (χ2v) is 11.5.